The molecule has 0 saturated heterocycles. The van der Waals surface area contributed by atoms with Gasteiger partial charge in [-0.1, -0.05) is 6.92 Å². The van der Waals surface area contributed by atoms with Crippen LogP contribution in [0.25, 0.3) is 12.2 Å². The average molecular weight is 451 g/mol. The Balaban J connectivity index is 2.18. The van der Waals surface area contributed by atoms with Crippen LogP contribution >= 0.6 is 0 Å². The van der Waals surface area contributed by atoms with Crippen LogP contribution in [0.2, 0.25) is 0 Å². The number of hydrogen-bond donors (Lipinski definition) is 0. The summed E-state index contributed by atoms with van der Waals surface area (Å²) >= 11 is 0. The van der Waals surface area contributed by atoms with Crippen LogP contribution in [-0.4, -0.2) is 54.0 Å². The molecule has 0 aliphatic heterocycles. The predicted octanol–water partition coefficient (Wildman–Crippen LogP) is 4.73. The lowest BCUT2D eigenvalue weighted by atomic mass is 9.94. The first-order chi connectivity index (χ1) is 15.7. The van der Waals surface area contributed by atoms with Crippen molar-refractivity contribution < 1.29 is 19.1 Å². The third-order valence-corrected chi connectivity index (χ3v) is 5.42. The molecule has 0 saturated carbocycles. The van der Waals surface area contributed by atoms with Crippen LogP contribution in [0.1, 0.15) is 24.5 Å². The third-order valence-electron chi connectivity index (χ3n) is 5.42. The molecule has 33 heavy (non-hydrogen) atoms. The Bertz CT molecular complexity index is 957. The van der Waals surface area contributed by atoms with Crippen molar-refractivity contribution in [1.29, 1.82) is 0 Å². The van der Waals surface area contributed by atoms with Gasteiger partial charge in [-0.15, -0.1) is 0 Å². The second-order valence-corrected chi connectivity index (χ2v) is 8.07. The summed E-state index contributed by atoms with van der Waals surface area (Å²) in [7, 11) is 11.0. The number of methoxy groups -OCH3 is 2. The highest BCUT2D eigenvalue weighted by Gasteiger charge is 2.21. The van der Waals surface area contributed by atoms with Crippen LogP contribution in [0.4, 0.5) is 11.4 Å². The molecule has 0 aliphatic carbocycles. The zero-order valence-electron chi connectivity index (χ0n) is 20.6. The standard InChI is InChI=1S/C27H34N2O4/c1-8-23(24(30)15-11-19-9-13-21(28(2)3)17-26(19)32-6)25(31)16-12-20-10-14-22(29(4)5)18-27(20)33-7/h9-18,23H,8H2,1-7H3. The van der Waals surface area contributed by atoms with Crippen LogP contribution in [0, 0.1) is 5.92 Å². The van der Waals surface area contributed by atoms with Crippen LogP contribution in [0.15, 0.2) is 48.6 Å². The summed E-state index contributed by atoms with van der Waals surface area (Å²) in [5.41, 5.74) is 3.55. The van der Waals surface area contributed by atoms with E-state index in [1.807, 2.05) is 81.3 Å². The molecule has 0 amide bonds. The molecule has 2 aromatic rings. The molecule has 0 radical (unpaired) electrons. The normalized spacial score (nSPS) is 12.1. The largest absolute Gasteiger partial charge is 0.496 e. The summed E-state index contributed by atoms with van der Waals surface area (Å²) in [6.45, 7) is 1.83. The van der Waals surface area contributed by atoms with E-state index in [-0.39, 0.29) is 11.6 Å². The van der Waals surface area contributed by atoms with Gasteiger partial charge in [0.1, 0.15) is 11.5 Å². The van der Waals surface area contributed by atoms with Crippen LogP contribution < -0.4 is 19.3 Å². The number of ketones is 2. The third kappa shape index (κ3) is 6.72. The highest BCUT2D eigenvalue weighted by molar-refractivity contribution is 6.13. The van der Waals surface area contributed by atoms with Gasteiger partial charge in [-0.2, -0.15) is 0 Å². The zero-order valence-corrected chi connectivity index (χ0v) is 20.6. The van der Waals surface area contributed by atoms with Gasteiger partial charge in [-0.3, -0.25) is 9.59 Å². The molecule has 0 aliphatic rings. The van der Waals surface area contributed by atoms with Crippen molar-refractivity contribution >= 4 is 35.1 Å². The lowest BCUT2D eigenvalue weighted by Gasteiger charge is -2.15. The molecule has 0 atom stereocenters. The van der Waals surface area contributed by atoms with Gasteiger partial charge in [0.15, 0.2) is 11.6 Å². The molecule has 0 fully saturated rings. The van der Waals surface area contributed by atoms with E-state index >= 15 is 0 Å². The van der Waals surface area contributed by atoms with Gasteiger partial charge in [0.25, 0.3) is 0 Å². The fourth-order valence-electron chi connectivity index (χ4n) is 3.35. The molecule has 0 spiro atoms. The quantitative estimate of drug-likeness (QED) is 0.364. The molecule has 0 heterocycles. The van der Waals surface area contributed by atoms with E-state index in [1.54, 1.807) is 26.4 Å². The van der Waals surface area contributed by atoms with Crippen molar-refractivity contribution in [1.82, 2.24) is 0 Å². The molecule has 176 valence electrons. The summed E-state index contributed by atoms with van der Waals surface area (Å²) in [6, 6.07) is 11.5. The average Bonchev–Trinajstić information content (AvgIpc) is 2.81. The monoisotopic (exact) mass is 450 g/mol. The molecule has 0 aromatic heterocycles. The number of carbonyl (C=O) groups is 2. The van der Waals surface area contributed by atoms with E-state index in [0.29, 0.717) is 17.9 Å². The van der Waals surface area contributed by atoms with E-state index in [4.69, 9.17) is 9.47 Å². The summed E-state index contributed by atoms with van der Waals surface area (Å²) in [4.78, 5) is 29.5. The van der Waals surface area contributed by atoms with E-state index in [2.05, 4.69) is 0 Å². The van der Waals surface area contributed by atoms with Gasteiger partial charge in [-0.25, -0.2) is 0 Å². The number of benzene rings is 2. The first-order valence-electron chi connectivity index (χ1n) is 10.9. The number of ether oxygens (including phenoxy) is 2. The number of hydrogen-bond acceptors (Lipinski definition) is 6. The van der Waals surface area contributed by atoms with Crippen LogP contribution in [-0.2, 0) is 9.59 Å². The smallest absolute Gasteiger partial charge is 0.166 e. The molecular formula is C27H34N2O4. The van der Waals surface area contributed by atoms with Gasteiger partial charge < -0.3 is 19.3 Å². The minimum atomic E-state index is -0.739. The first-order valence-corrected chi connectivity index (χ1v) is 10.9. The topological polar surface area (TPSA) is 59.1 Å². The van der Waals surface area contributed by atoms with Crippen LogP contribution in [0.3, 0.4) is 0 Å². The molecule has 0 bridgehead atoms. The Morgan fingerprint density at radius 3 is 1.48 bits per heavy atom. The lowest BCUT2D eigenvalue weighted by Crippen LogP contribution is -2.20. The number of allylic oxidation sites excluding steroid dienone is 2. The van der Waals surface area contributed by atoms with Gasteiger partial charge >= 0.3 is 0 Å². The number of anilines is 2. The molecule has 2 aromatic carbocycles. The SMILES string of the molecule is CCC(C(=O)C=Cc1ccc(N(C)C)cc1OC)C(=O)C=Cc1ccc(N(C)C)cc1OC. The van der Waals surface area contributed by atoms with Crippen molar-refractivity contribution in [2.75, 3.05) is 52.2 Å². The summed E-state index contributed by atoms with van der Waals surface area (Å²) in [5, 5.41) is 0. The van der Waals surface area contributed by atoms with E-state index < -0.39 is 5.92 Å². The van der Waals surface area contributed by atoms with Crippen molar-refractivity contribution in [3.8, 4) is 11.5 Å². The number of nitrogens with zero attached hydrogens (tertiary/aromatic N) is 2. The van der Waals surface area contributed by atoms with Crippen molar-refractivity contribution in [2.24, 2.45) is 5.92 Å². The van der Waals surface area contributed by atoms with Gasteiger partial charge in [0, 0.05) is 62.8 Å². The molecule has 6 heteroatoms. The Kier molecular flexibility index (Phi) is 9.28. The van der Waals surface area contributed by atoms with Crippen molar-refractivity contribution in [2.45, 2.75) is 13.3 Å². The Hall–Kier alpha value is -3.54. The van der Waals surface area contributed by atoms with Gasteiger partial charge in [0.05, 0.1) is 20.1 Å². The fourth-order valence-corrected chi connectivity index (χ4v) is 3.35. The van der Waals surface area contributed by atoms with Crippen molar-refractivity contribution in [3.63, 3.8) is 0 Å². The second-order valence-electron chi connectivity index (χ2n) is 8.07. The van der Waals surface area contributed by atoms with E-state index in [9.17, 15) is 9.59 Å². The Morgan fingerprint density at radius 2 is 1.18 bits per heavy atom. The maximum Gasteiger partial charge on any atom is 0.166 e. The molecule has 6 nitrogen and oxygen atoms in total. The van der Waals surface area contributed by atoms with E-state index in [0.717, 1.165) is 22.5 Å². The lowest BCUT2D eigenvalue weighted by molar-refractivity contribution is -0.127. The maximum atomic E-state index is 12.8. The van der Waals surface area contributed by atoms with Crippen molar-refractivity contribution in [3.05, 3.63) is 59.7 Å². The predicted molar refractivity (Wildman–Crippen MR) is 137 cm³/mol. The molecule has 2 rings (SSSR count). The summed E-state index contributed by atoms with van der Waals surface area (Å²) < 4.78 is 10.9. The maximum absolute atomic E-state index is 12.8. The van der Waals surface area contributed by atoms with Crippen LogP contribution in [0.5, 0.6) is 11.5 Å². The second kappa shape index (κ2) is 11.9. The number of rotatable bonds is 11. The molecule has 0 N–H and O–H groups in total. The van der Waals surface area contributed by atoms with E-state index in [1.165, 1.54) is 12.2 Å². The highest BCUT2D eigenvalue weighted by atomic mass is 16.5. The van der Waals surface area contributed by atoms with Gasteiger partial charge in [-0.05, 0) is 55.0 Å². The minimum absolute atomic E-state index is 0.235. The molecule has 0 unspecified atom stereocenters. The minimum Gasteiger partial charge on any atom is -0.496 e. The first kappa shape index (κ1) is 25.7. The highest BCUT2D eigenvalue weighted by Crippen LogP contribution is 2.27. The summed E-state index contributed by atoms with van der Waals surface area (Å²) in [5.74, 6) is 0.119. The Morgan fingerprint density at radius 1 is 0.788 bits per heavy atom. The van der Waals surface area contributed by atoms with Gasteiger partial charge in [0.2, 0.25) is 0 Å². The number of carbonyl (C=O) groups excluding carboxylic acids is 2. The molecular weight excluding hydrogens is 416 g/mol. The Labute approximate surface area is 197 Å². The fraction of sp³-hybridized carbons (Fsp3) is 0.333. The summed E-state index contributed by atoms with van der Waals surface area (Å²) in [6.07, 6.45) is 6.73. The zero-order chi connectivity index (χ0) is 24.5.